The van der Waals surface area contributed by atoms with E-state index >= 15 is 0 Å². The van der Waals surface area contributed by atoms with Gasteiger partial charge in [0.05, 0.1) is 18.4 Å². The fourth-order valence-electron chi connectivity index (χ4n) is 1.92. The van der Waals surface area contributed by atoms with Gasteiger partial charge in [-0.3, -0.25) is 4.68 Å². The molecule has 2 rings (SSSR count). The summed E-state index contributed by atoms with van der Waals surface area (Å²) in [5.74, 6) is 0.675. The smallest absolute Gasteiger partial charge is 0.122 e. The van der Waals surface area contributed by atoms with Crippen molar-refractivity contribution in [3.05, 3.63) is 29.7 Å². The van der Waals surface area contributed by atoms with Crippen molar-refractivity contribution in [1.82, 2.24) is 19.6 Å². The van der Waals surface area contributed by atoms with Crippen molar-refractivity contribution in [3.63, 3.8) is 0 Å². The Morgan fingerprint density at radius 2 is 2.06 bits per heavy atom. The van der Waals surface area contributed by atoms with E-state index in [1.165, 1.54) is 0 Å². The molecule has 0 aliphatic heterocycles. The van der Waals surface area contributed by atoms with Gasteiger partial charge in [0, 0.05) is 24.2 Å². The minimum atomic E-state index is 0.0263. The van der Waals surface area contributed by atoms with Crippen molar-refractivity contribution < 1.29 is 0 Å². The van der Waals surface area contributed by atoms with Crippen LogP contribution >= 0.6 is 0 Å². The Hall–Kier alpha value is -1.78. The van der Waals surface area contributed by atoms with Crippen LogP contribution in [0.3, 0.4) is 0 Å². The Labute approximate surface area is 101 Å². The summed E-state index contributed by atoms with van der Waals surface area (Å²) in [6.07, 6.45) is 3.74. The molecule has 17 heavy (non-hydrogen) atoms. The average molecular weight is 233 g/mol. The summed E-state index contributed by atoms with van der Waals surface area (Å²) in [7, 11) is 1.94. The van der Waals surface area contributed by atoms with Gasteiger partial charge in [0.15, 0.2) is 0 Å². The molecular formula is C12H19N5. The molecular weight excluding hydrogens is 214 g/mol. The average Bonchev–Trinajstić information content (AvgIpc) is 2.74. The normalized spacial score (nSPS) is 12.0. The molecule has 0 amide bonds. The van der Waals surface area contributed by atoms with E-state index in [2.05, 4.69) is 31.0 Å². The molecule has 0 saturated carbocycles. The number of aromatic nitrogens is 4. The third kappa shape index (κ3) is 2.33. The topological polar surface area (TPSA) is 61.7 Å². The molecule has 0 spiro atoms. The van der Waals surface area contributed by atoms with Crippen LogP contribution in [0.15, 0.2) is 18.5 Å². The van der Waals surface area contributed by atoms with E-state index in [9.17, 15) is 0 Å². The molecule has 0 bridgehead atoms. The zero-order chi connectivity index (χ0) is 12.6. The number of nitrogen functional groups attached to an aromatic ring is 1. The van der Waals surface area contributed by atoms with E-state index in [4.69, 9.17) is 5.73 Å². The summed E-state index contributed by atoms with van der Waals surface area (Å²) in [4.78, 5) is 0. The lowest BCUT2D eigenvalue weighted by molar-refractivity contribution is 0.543. The molecule has 0 fully saturated rings. The minimum Gasteiger partial charge on any atom is -0.384 e. The van der Waals surface area contributed by atoms with Crippen LogP contribution in [-0.2, 0) is 19.0 Å². The highest BCUT2D eigenvalue weighted by Crippen LogP contribution is 2.24. The number of hydrogen-bond acceptors (Lipinski definition) is 3. The number of hydrogen-bond donors (Lipinski definition) is 1. The van der Waals surface area contributed by atoms with Crippen molar-refractivity contribution in [1.29, 1.82) is 0 Å². The van der Waals surface area contributed by atoms with E-state index < -0.39 is 0 Å². The predicted molar refractivity (Wildman–Crippen MR) is 67.6 cm³/mol. The SMILES string of the molecule is Cn1cc(Cn2nccc2N)c(C(C)(C)C)n1. The second kappa shape index (κ2) is 3.91. The molecule has 0 saturated heterocycles. The number of anilines is 1. The van der Waals surface area contributed by atoms with Crippen molar-refractivity contribution in [2.45, 2.75) is 32.7 Å². The molecule has 0 radical (unpaired) electrons. The predicted octanol–water partition coefficient (Wildman–Crippen LogP) is 1.54. The van der Waals surface area contributed by atoms with Crippen LogP contribution in [0, 0.1) is 0 Å². The van der Waals surface area contributed by atoms with Gasteiger partial charge in [-0.1, -0.05) is 20.8 Å². The van der Waals surface area contributed by atoms with Gasteiger partial charge in [-0.15, -0.1) is 0 Å². The number of rotatable bonds is 2. The fourth-order valence-corrected chi connectivity index (χ4v) is 1.92. The minimum absolute atomic E-state index is 0.0263. The molecule has 0 aliphatic carbocycles. The van der Waals surface area contributed by atoms with Crippen LogP contribution in [0.5, 0.6) is 0 Å². The van der Waals surface area contributed by atoms with Crippen LogP contribution in [-0.4, -0.2) is 19.6 Å². The first-order valence-corrected chi connectivity index (χ1v) is 5.68. The zero-order valence-electron chi connectivity index (χ0n) is 10.8. The van der Waals surface area contributed by atoms with E-state index in [1.54, 1.807) is 16.9 Å². The Balaban J connectivity index is 2.36. The van der Waals surface area contributed by atoms with Gasteiger partial charge in [-0.25, -0.2) is 4.68 Å². The lowest BCUT2D eigenvalue weighted by Gasteiger charge is -2.17. The summed E-state index contributed by atoms with van der Waals surface area (Å²) in [5.41, 5.74) is 8.11. The first kappa shape index (κ1) is 11.7. The molecule has 0 unspecified atom stereocenters. The Morgan fingerprint density at radius 3 is 2.59 bits per heavy atom. The molecule has 0 aromatic carbocycles. The van der Waals surface area contributed by atoms with Crippen LogP contribution in [0.1, 0.15) is 32.0 Å². The van der Waals surface area contributed by atoms with Crippen molar-refractivity contribution >= 4 is 5.82 Å². The zero-order valence-corrected chi connectivity index (χ0v) is 10.8. The Morgan fingerprint density at radius 1 is 1.35 bits per heavy atom. The van der Waals surface area contributed by atoms with Crippen LogP contribution in [0.25, 0.3) is 0 Å². The van der Waals surface area contributed by atoms with Gasteiger partial charge >= 0.3 is 0 Å². The van der Waals surface area contributed by atoms with E-state index in [0.717, 1.165) is 11.3 Å². The maximum absolute atomic E-state index is 5.83. The number of nitrogens with zero attached hydrogens (tertiary/aromatic N) is 4. The number of aryl methyl sites for hydroxylation is 1. The maximum Gasteiger partial charge on any atom is 0.122 e. The molecule has 0 aliphatic rings. The monoisotopic (exact) mass is 233 g/mol. The first-order valence-electron chi connectivity index (χ1n) is 5.68. The fraction of sp³-hybridized carbons (Fsp3) is 0.500. The van der Waals surface area contributed by atoms with Crippen LogP contribution in [0.4, 0.5) is 5.82 Å². The van der Waals surface area contributed by atoms with Crippen molar-refractivity contribution in [3.8, 4) is 0 Å². The van der Waals surface area contributed by atoms with Crippen LogP contribution < -0.4 is 5.73 Å². The molecule has 2 aromatic heterocycles. The maximum atomic E-state index is 5.83. The first-order chi connectivity index (χ1) is 7.88. The number of nitrogens with two attached hydrogens (primary N) is 1. The van der Waals surface area contributed by atoms with E-state index in [1.807, 2.05) is 17.9 Å². The lowest BCUT2D eigenvalue weighted by Crippen LogP contribution is -2.16. The van der Waals surface area contributed by atoms with Gasteiger partial charge < -0.3 is 5.73 Å². The van der Waals surface area contributed by atoms with Gasteiger partial charge in [-0.05, 0) is 6.07 Å². The van der Waals surface area contributed by atoms with Crippen molar-refractivity contribution in [2.24, 2.45) is 7.05 Å². The Bertz CT molecular complexity index is 515. The van der Waals surface area contributed by atoms with Gasteiger partial charge in [0.2, 0.25) is 0 Å². The van der Waals surface area contributed by atoms with Gasteiger partial charge in [-0.2, -0.15) is 10.2 Å². The standard InChI is InChI=1S/C12H19N5/c1-12(2,3)11-9(7-16(4)15-11)8-17-10(13)5-6-14-17/h5-7H,8,13H2,1-4H3. The highest BCUT2D eigenvalue weighted by atomic mass is 15.3. The van der Waals surface area contributed by atoms with Gasteiger partial charge in [0.25, 0.3) is 0 Å². The van der Waals surface area contributed by atoms with Gasteiger partial charge in [0.1, 0.15) is 5.82 Å². The summed E-state index contributed by atoms with van der Waals surface area (Å²) >= 11 is 0. The molecule has 2 heterocycles. The molecule has 5 heteroatoms. The molecule has 92 valence electrons. The lowest BCUT2D eigenvalue weighted by atomic mass is 9.89. The quantitative estimate of drug-likeness (QED) is 0.856. The summed E-state index contributed by atoms with van der Waals surface area (Å²) in [5, 5.41) is 8.72. The Kier molecular flexibility index (Phi) is 2.69. The summed E-state index contributed by atoms with van der Waals surface area (Å²) < 4.78 is 3.63. The second-order valence-corrected chi connectivity index (χ2v) is 5.34. The molecule has 2 aromatic rings. The third-order valence-electron chi connectivity index (χ3n) is 2.68. The van der Waals surface area contributed by atoms with E-state index in [0.29, 0.717) is 12.4 Å². The third-order valence-corrected chi connectivity index (χ3v) is 2.68. The molecule has 2 N–H and O–H groups in total. The molecule has 0 atom stereocenters. The summed E-state index contributed by atoms with van der Waals surface area (Å²) in [6, 6.07) is 1.80. The largest absolute Gasteiger partial charge is 0.384 e. The van der Waals surface area contributed by atoms with E-state index in [-0.39, 0.29) is 5.41 Å². The second-order valence-electron chi connectivity index (χ2n) is 5.34. The molecule has 5 nitrogen and oxygen atoms in total. The van der Waals surface area contributed by atoms with Crippen molar-refractivity contribution in [2.75, 3.05) is 5.73 Å². The highest BCUT2D eigenvalue weighted by molar-refractivity contribution is 5.30. The highest BCUT2D eigenvalue weighted by Gasteiger charge is 2.22. The van der Waals surface area contributed by atoms with Crippen LogP contribution in [0.2, 0.25) is 0 Å². The summed E-state index contributed by atoms with van der Waals surface area (Å²) in [6.45, 7) is 7.14.